The highest BCUT2D eigenvalue weighted by Gasteiger charge is 2.19. The molecule has 1 aromatic carbocycles. The van der Waals surface area contributed by atoms with Gasteiger partial charge in [-0.05, 0) is 12.1 Å². The third-order valence-electron chi connectivity index (χ3n) is 2.18. The van der Waals surface area contributed by atoms with Gasteiger partial charge in [-0.25, -0.2) is 4.79 Å². The van der Waals surface area contributed by atoms with Crippen LogP contribution in [0.4, 0.5) is 6.01 Å². The van der Waals surface area contributed by atoms with E-state index in [4.69, 9.17) is 20.0 Å². The van der Waals surface area contributed by atoms with Crippen LogP contribution in [-0.2, 0) is 0 Å². The average Bonchev–Trinajstić information content (AvgIpc) is 2.72. The summed E-state index contributed by atoms with van der Waals surface area (Å²) in [5.74, 6) is -0.481. The topological polar surface area (TPSA) is 98.6 Å². The van der Waals surface area contributed by atoms with Crippen LogP contribution in [0.25, 0.3) is 11.3 Å². The number of carboxylic acid groups (broad SMARTS) is 1. The number of carbonyl (C=O) groups is 1. The van der Waals surface area contributed by atoms with Crippen molar-refractivity contribution in [1.29, 1.82) is 0 Å². The second-order valence-corrected chi connectivity index (χ2v) is 3.27. The van der Waals surface area contributed by atoms with E-state index < -0.39 is 5.97 Å². The number of aromatic carboxylic acids is 1. The zero-order chi connectivity index (χ0) is 12.4. The molecule has 6 heteroatoms. The zero-order valence-electron chi connectivity index (χ0n) is 9.01. The van der Waals surface area contributed by atoms with Crippen molar-refractivity contribution in [2.24, 2.45) is 0 Å². The Hall–Kier alpha value is -2.50. The van der Waals surface area contributed by atoms with Gasteiger partial charge in [0.25, 0.3) is 6.01 Å². The SMILES string of the molecule is COc1cccc(-c2oc(N)nc2C(=O)O)c1. The fourth-order valence-electron chi connectivity index (χ4n) is 1.44. The number of nitrogen functional groups attached to an aromatic ring is 1. The number of benzene rings is 1. The molecular weight excluding hydrogens is 224 g/mol. The zero-order valence-corrected chi connectivity index (χ0v) is 9.01. The Morgan fingerprint density at radius 2 is 2.29 bits per heavy atom. The number of rotatable bonds is 3. The third kappa shape index (κ3) is 2.05. The van der Waals surface area contributed by atoms with Crippen LogP contribution in [0.2, 0.25) is 0 Å². The number of methoxy groups -OCH3 is 1. The average molecular weight is 234 g/mol. The summed E-state index contributed by atoms with van der Waals surface area (Å²) in [6, 6.07) is 6.61. The fourth-order valence-corrected chi connectivity index (χ4v) is 1.44. The lowest BCUT2D eigenvalue weighted by atomic mass is 10.1. The lowest BCUT2D eigenvalue weighted by molar-refractivity contribution is 0.0691. The number of aromatic nitrogens is 1. The molecule has 1 heterocycles. The maximum absolute atomic E-state index is 11.0. The summed E-state index contributed by atoms with van der Waals surface area (Å²) in [5.41, 5.74) is 5.69. The van der Waals surface area contributed by atoms with E-state index in [-0.39, 0.29) is 17.5 Å². The van der Waals surface area contributed by atoms with E-state index in [2.05, 4.69) is 4.98 Å². The summed E-state index contributed by atoms with van der Waals surface area (Å²) >= 11 is 0. The number of ether oxygens (including phenoxy) is 1. The number of nitrogens with zero attached hydrogens (tertiary/aromatic N) is 1. The Morgan fingerprint density at radius 3 is 2.94 bits per heavy atom. The van der Waals surface area contributed by atoms with Gasteiger partial charge in [0, 0.05) is 5.56 Å². The second-order valence-electron chi connectivity index (χ2n) is 3.27. The van der Waals surface area contributed by atoms with Crippen LogP contribution >= 0.6 is 0 Å². The van der Waals surface area contributed by atoms with Gasteiger partial charge in [-0.3, -0.25) is 0 Å². The quantitative estimate of drug-likeness (QED) is 0.837. The summed E-state index contributed by atoms with van der Waals surface area (Å²) in [6.45, 7) is 0. The summed E-state index contributed by atoms with van der Waals surface area (Å²) < 4.78 is 10.1. The summed E-state index contributed by atoms with van der Waals surface area (Å²) in [6.07, 6.45) is 0. The Kier molecular flexibility index (Phi) is 2.70. The van der Waals surface area contributed by atoms with Crippen LogP contribution in [0.1, 0.15) is 10.5 Å². The molecule has 2 aromatic rings. The van der Waals surface area contributed by atoms with E-state index in [1.807, 2.05) is 0 Å². The van der Waals surface area contributed by atoms with Gasteiger partial charge in [0.05, 0.1) is 7.11 Å². The minimum atomic E-state index is -1.19. The van der Waals surface area contributed by atoms with Crippen molar-refractivity contribution < 1.29 is 19.1 Å². The maximum atomic E-state index is 11.0. The second kappa shape index (κ2) is 4.17. The van der Waals surface area contributed by atoms with E-state index in [0.717, 1.165) is 0 Å². The summed E-state index contributed by atoms with van der Waals surface area (Å²) in [5, 5.41) is 8.96. The number of hydrogen-bond donors (Lipinski definition) is 2. The molecule has 0 atom stereocenters. The Labute approximate surface area is 96.6 Å². The van der Waals surface area contributed by atoms with Crippen molar-refractivity contribution in [3.8, 4) is 17.1 Å². The molecule has 0 spiro atoms. The first-order chi connectivity index (χ1) is 8.11. The van der Waals surface area contributed by atoms with Crippen LogP contribution < -0.4 is 10.5 Å². The van der Waals surface area contributed by atoms with E-state index in [1.165, 1.54) is 7.11 Å². The van der Waals surface area contributed by atoms with Gasteiger partial charge in [-0.15, -0.1) is 0 Å². The predicted molar refractivity (Wildman–Crippen MR) is 59.9 cm³/mol. The Balaban J connectivity index is 2.55. The molecule has 0 saturated heterocycles. The van der Waals surface area contributed by atoms with Crippen molar-refractivity contribution in [3.63, 3.8) is 0 Å². The summed E-state index contributed by atoms with van der Waals surface area (Å²) in [4.78, 5) is 14.6. The normalized spacial score (nSPS) is 10.2. The van der Waals surface area contributed by atoms with E-state index in [9.17, 15) is 4.79 Å². The minimum absolute atomic E-state index is 0.119. The first-order valence-corrected chi connectivity index (χ1v) is 4.76. The minimum Gasteiger partial charge on any atom is -0.497 e. The monoisotopic (exact) mass is 234 g/mol. The molecule has 3 N–H and O–H groups in total. The van der Waals surface area contributed by atoms with Gasteiger partial charge in [0.1, 0.15) is 5.75 Å². The first-order valence-electron chi connectivity index (χ1n) is 4.76. The largest absolute Gasteiger partial charge is 0.497 e. The van der Waals surface area contributed by atoms with Gasteiger partial charge in [-0.2, -0.15) is 4.98 Å². The number of oxazole rings is 1. The molecule has 0 aliphatic heterocycles. The molecule has 88 valence electrons. The number of hydrogen-bond acceptors (Lipinski definition) is 5. The van der Waals surface area contributed by atoms with E-state index in [1.54, 1.807) is 24.3 Å². The van der Waals surface area contributed by atoms with E-state index in [0.29, 0.717) is 11.3 Å². The third-order valence-corrected chi connectivity index (χ3v) is 2.18. The molecule has 0 fully saturated rings. The standard InChI is InChI=1S/C11H10N2O4/c1-16-7-4-2-3-6(5-7)9-8(10(14)15)13-11(12)17-9/h2-5H,1H3,(H2,12,13)(H,14,15). The van der Waals surface area contributed by atoms with Crippen molar-refractivity contribution in [2.45, 2.75) is 0 Å². The van der Waals surface area contributed by atoms with Gasteiger partial charge in [0.15, 0.2) is 11.5 Å². The Bertz CT molecular complexity index is 562. The molecule has 2 rings (SSSR count). The highest BCUT2D eigenvalue weighted by Crippen LogP contribution is 2.28. The predicted octanol–water partition coefficient (Wildman–Crippen LogP) is 1.63. The first kappa shape index (κ1) is 11.0. The van der Waals surface area contributed by atoms with Crippen molar-refractivity contribution in [2.75, 3.05) is 12.8 Å². The molecule has 6 nitrogen and oxygen atoms in total. The molecule has 0 amide bonds. The molecule has 0 unspecified atom stereocenters. The molecular formula is C11H10N2O4. The van der Waals surface area contributed by atoms with Gasteiger partial charge in [-0.1, -0.05) is 12.1 Å². The van der Waals surface area contributed by atoms with Crippen LogP contribution in [0, 0.1) is 0 Å². The maximum Gasteiger partial charge on any atom is 0.358 e. The molecule has 1 aromatic heterocycles. The highest BCUT2D eigenvalue weighted by molar-refractivity contribution is 5.92. The lowest BCUT2D eigenvalue weighted by Gasteiger charge is -2.02. The fraction of sp³-hybridized carbons (Fsp3) is 0.0909. The van der Waals surface area contributed by atoms with Gasteiger partial charge >= 0.3 is 5.97 Å². The van der Waals surface area contributed by atoms with Crippen LogP contribution in [0.5, 0.6) is 5.75 Å². The van der Waals surface area contributed by atoms with Crippen LogP contribution in [0.15, 0.2) is 28.7 Å². The number of nitrogens with two attached hydrogens (primary N) is 1. The molecule has 0 saturated carbocycles. The lowest BCUT2D eigenvalue weighted by Crippen LogP contribution is -1.99. The summed E-state index contributed by atoms with van der Waals surface area (Å²) in [7, 11) is 1.52. The van der Waals surface area contributed by atoms with Crippen LogP contribution in [-0.4, -0.2) is 23.2 Å². The smallest absolute Gasteiger partial charge is 0.358 e. The van der Waals surface area contributed by atoms with Crippen molar-refractivity contribution >= 4 is 12.0 Å². The van der Waals surface area contributed by atoms with Crippen LogP contribution in [0.3, 0.4) is 0 Å². The number of anilines is 1. The molecule has 17 heavy (non-hydrogen) atoms. The molecule has 0 radical (unpaired) electrons. The van der Waals surface area contributed by atoms with Gasteiger partial charge in [0.2, 0.25) is 0 Å². The highest BCUT2D eigenvalue weighted by atomic mass is 16.5. The van der Waals surface area contributed by atoms with Crippen molar-refractivity contribution in [1.82, 2.24) is 4.98 Å². The number of carboxylic acids is 1. The van der Waals surface area contributed by atoms with E-state index >= 15 is 0 Å². The Morgan fingerprint density at radius 1 is 1.53 bits per heavy atom. The van der Waals surface area contributed by atoms with Gasteiger partial charge < -0.3 is 20.0 Å². The molecule has 0 aliphatic carbocycles. The molecule has 0 bridgehead atoms. The molecule has 0 aliphatic rings. The van der Waals surface area contributed by atoms with Crippen molar-refractivity contribution in [3.05, 3.63) is 30.0 Å².